The molecular weight excluding hydrogens is 210 g/mol. The lowest BCUT2D eigenvalue weighted by atomic mass is 9.70. The second-order valence-corrected chi connectivity index (χ2v) is 5.60. The Kier molecular flexibility index (Phi) is 3.87. The maximum atomic E-state index is 4.56. The van der Waals surface area contributed by atoms with Gasteiger partial charge in [0.25, 0.3) is 0 Å². The molecule has 1 unspecified atom stereocenters. The lowest BCUT2D eigenvalue weighted by Gasteiger charge is -2.40. The van der Waals surface area contributed by atoms with E-state index in [0.29, 0.717) is 11.5 Å². The Hall–Kier alpha value is -0.830. The lowest BCUT2D eigenvalue weighted by Crippen LogP contribution is -2.39. The summed E-state index contributed by atoms with van der Waals surface area (Å²) in [5.74, 6) is 1.19. The van der Waals surface area contributed by atoms with Gasteiger partial charge in [0.05, 0.1) is 6.04 Å². The second kappa shape index (κ2) is 5.21. The molecule has 2 rings (SSSR count). The smallest absolute Gasteiger partial charge is 0.126 e. The van der Waals surface area contributed by atoms with Gasteiger partial charge in [-0.25, -0.2) is 4.98 Å². The van der Waals surface area contributed by atoms with E-state index in [1.54, 1.807) is 0 Å². The van der Waals surface area contributed by atoms with Crippen LogP contribution in [0.4, 0.5) is 0 Å². The van der Waals surface area contributed by atoms with Gasteiger partial charge in [0.2, 0.25) is 0 Å². The molecule has 1 aromatic rings. The minimum Gasteiger partial charge on any atom is -0.337 e. The summed E-state index contributed by atoms with van der Waals surface area (Å²) in [5, 5.41) is 3.65. The van der Waals surface area contributed by atoms with E-state index < -0.39 is 0 Å². The Morgan fingerprint density at radius 3 is 2.65 bits per heavy atom. The molecule has 0 aliphatic heterocycles. The molecule has 1 saturated carbocycles. The molecule has 1 aromatic heterocycles. The topological polar surface area (TPSA) is 29.9 Å². The van der Waals surface area contributed by atoms with Gasteiger partial charge in [-0.2, -0.15) is 0 Å². The van der Waals surface area contributed by atoms with E-state index >= 15 is 0 Å². The molecule has 1 fully saturated rings. The van der Waals surface area contributed by atoms with Gasteiger partial charge in [-0.15, -0.1) is 0 Å². The molecule has 1 heterocycles. The summed E-state index contributed by atoms with van der Waals surface area (Å²) < 4.78 is 2.16. The molecule has 1 aliphatic rings. The van der Waals surface area contributed by atoms with Crippen LogP contribution in [0, 0.1) is 5.41 Å². The number of nitrogens with one attached hydrogen (secondary N) is 1. The zero-order chi connectivity index (χ0) is 12.3. The van der Waals surface area contributed by atoms with Crippen molar-refractivity contribution in [1.82, 2.24) is 14.9 Å². The van der Waals surface area contributed by atoms with Gasteiger partial charge in [-0.1, -0.05) is 33.1 Å². The predicted octanol–water partition coefficient (Wildman–Crippen LogP) is 3.04. The summed E-state index contributed by atoms with van der Waals surface area (Å²) in [5.41, 5.74) is 0.368. The largest absolute Gasteiger partial charge is 0.337 e. The van der Waals surface area contributed by atoms with Gasteiger partial charge in [-0.3, -0.25) is 0 Å². The molecule has 0 bridgehead atoms. The van der Waals surface area contributed by atoms with Gasteiger partial charge >= 0.3 is 0 Å². The fourth-order valence-electron chi connectivity index (χ4n) is 3.16. The van der Waals surface area contributed by atoms with Crippen LogP contribution in [0.2, 0.25) is 0 Å². The van der Waals surface area contributed by atoms with Crippen LogP contribution < -0.4 is 5.32 Å². The highest BCUT2D eigenvalue weighted by atomic mass is 15.1. The molecule has 3 nitrogen and oxygen atoms in total. The van der Waals surface area contributed by atoms with Crippen LogP contribution in [0.3, 0.4) is 0 Å². The maximum absolute atomic E-state index is 4.56. The summed E-state index contributed by atoms with van der Waals surface area (Å²) in [6, 6.07) is 0.396. The number of aromatic nitrogens is 2. The normalized spacial score (nSPS) is 21.4. The number of imidazole rings is 1. The van der Waals surface area contributed by atoms with Gasteiger partial charge in [-0.05, 0) is 24.8 Å². The van der Waals surface area contributed by atoms with E-state index in [4.69, 9.17) is 0 Å². The van der Waals surface area contributed by atoms with E-state index in [-0.39, 0.29) is 0 Å². The molecule has 0 saturated heterocycles. The minimum absolute atomic E-state index is 0.368. The van der Waals surface area contributed by atoms with Crippen molar-refractivity contribution in [2.75, 3.05) is 6.54 Å². The van der Waals surface area contributed by atoms with Crippen LogP contribution in [0.15, 0.2) is 12.4 Å². The third-order valence-corrected chi connectivity index (χ3v) is 4.22. The van der Waals surface area contributed by atoms with Crippen LogP contribution >= 0.6 is 0 Å². The van der Waals surface area contributed by atoms with Crippen molar-refractivity contribution < 1.29 is 0 Å². The molecule has 1 N–H and O–H groups in total. The highest BCUT2D eigenvalue weighted by Gasteiger charge is 2.37. The third-order valence-electron chi connectivity index (χ3n) is 4.22. The van der Waals surface area contributed by atoms with Crippen molar-refractivity contribution in [3.63, 3.8) is 0 Å². The predicted molar refractivity (Wildman–Crippen MR) is 70.8 cm³/mol. The SMILES string of the molecule is CCNC(c1nccn1C)C1(C)CCCCC1. The van der Waals surface area contributed by atoms with Crippen molar-refractivity contribution >= 4 is 0 Å². The van der Waals surface area contributed by atoms with Gasteiger partial charge in [0.1, 0.15) is 5.82 Å². The molecule has 1 aliphatic carbocycles. The van der Waals surface area contributed by atoms with Crippen LogP contribution in [0.25, 0.3) is 0 Å². The molecule has 0 radical (unpaired) electrons. The Balaban J connectivity index is 2.25. The monoisotopic (exact) mass is 235 g/mol. The third kappa shape index (κ3) is 2.54. The Labute approximate surface area is 105 Å². The van der Waals surface area contributed by atoms with E-state index in [0.717, 1.165) is 6.54 Å². The molecule has 96 valence electrons. The molecule has 0 spiro atoms. The van der Waals surface area contributed by atoms with E-state index in [9.17, 15) is 0 Å². The fourth-order valence-corrected chi connectivity index (χ4v) is 3.16. The number of hydrogen-bond donors (Lipinski definition) is 1. The zero-order valence-electron chi connectivity index (χ0n) is 11.4. The van der Waals surface area contributed by atoms with Crippen LogP contribution in [-0.2, 0) is 7.05 Å². The minimum atomic E-state index is 0.368. The van der Waals surface area contributed by atoms with Gasteiger partial charge < -0.3 is 9.88 Å². The average molecular weight is 235 g/mol. The molecule has 0 amide bonds. The summed E-state index contributed by atoms with van der Waals surface area (Å²) in [6.07, 6.45) is 10.7. The number of nitrogens with zero attached hydrogens (tertiary/aromatic N) is 2. The van der Waals surface area contributed by atoms with E-state index in [2.05, 4.69) is 35.8 Å². The first-order valence-corrected chi connectivity index (χ1v) is 6.88. The van der Waals surface area contributed by atoms with Crippen molar-refractivity contribution in [2.45, 2.75) is 52.0 Å². The summed E-state index contributed by atoms with van der Waals surface area (Å²) in [6.45, 7) is 5.61. The van der Waals surface area contributed by atoms with Crippen molar-refractivity contribution in [3.05, 3.63) is 18.2 Å². The quantitative estimate of drug-likeness (QED) is 0.869. The van der Waals surface area contributed by atoms with E-state index in [1.807, 2.05) is 12.4 Å². The fraction of sp³-hybridized carbons (Fsp3) is 0.786. The average Bonchev–Trinajstić information content (AvgIpc) is 2.73. The first kappa shape index (κ1) is 12.6. The molecule has 0 aromatic carbocycles. The first-order chi connectivity index (χ1) is 8.17. The van der Waals surface area contributed by atoms with Crippen molar-refractivity contribution in [2.24, 2.45) is 12.5 Å². The highest BCUT2D eigenvalue weighted by Crippen LogP contribution is 2.45. The molecule has 1 atom stereocenters. The molecular formula is C14H25N3. The second-order valence-electron chi connectivity index (χ2n) is 5.60. The van der Waals surface area contributed by atoms with E-state index in [1.165, 1.54) is 37.9 Å². The first-order valence-electron chi connectivity index (χ1n) is 6.88. The Morgan fingerprint density at radius 2 is 2.12 bits per heavy atom. The summed E-state index contributed by atoms with van der Waals surface area (Å²) >= 11 is 0. The highest BCUT2D eigenvalue weighted by molar-refractivity contribution is 5.05. The van der Waals surface area contributed by atoms with Crippen LogP contribution in [-0.4, -0.2) is 16.1 Å². The maximum Gasteiger partial charge on any atom is 0.126 e. The van der Waals surface area contributed by atoms with Gasteiger partial charge in [0.15, 0.2) is 0 Å². The number of rotatable bonds is 4. The zero-order valence-corrected chi connectivity index (χ0v) is 11.4. The van der Waals surface area contributed by atoms with Crippen molar-refractivity contribution in [1.29, 1.82) is 0 Å². The molecule has 3 heteroatoms. The molecule has 17 heavy (non-hydrogen) atoms. The van der Waals surface area contributed by atoms with Crippen LogP contribution in [0.1, 0.15) is 57.8 Å². The standard InChI is InChI=1S/C14H25N3/c1-4-15-12(13-16-10-11-17(13)3)14(2)8-6-5-7-9-14/h10-12,15H,4-9H2,1-3H3. The summed E-state index contributed by atoms with van der Waals surface area (Å²) in [7, 11) is 2.10. The Morgan fingerprint density at radius 1 is 1.41 bits per heavy atom. The number of hydrogen-bond acceptors (Lipinski definition) is 2. The number of aryl methyl sites for hydroxylation is 1. The van der Waals surface area contributed by atoms with Crippen LogP contribution in [0.5, 0.6) is 0 Å². The lowest BCUT2D eigenvalue weighted by molar-refractivity contribution is 0.138. The summed E-state index contributed by atoms with van der Waals surface area (Å²) in [4.78, 5) is 4.56. The van der Waals surface area contributed by atoms with Crippen molar-refractivity contribution in [3.8, 4) is 0 Å². The van der Waals surface area contributed by atoms with Gasteiger partial charge in [0, 0.05) is 19.4 Å². The Bertz CT molecular complexity index is 350.